The lowest BCUT2D eigenvalue weighted by Gasteiger charge is -2.30. The third kappa shape index (κ3) is 15.9. The normalized spacial score (nSPS) is 13.6. The lowest BCUT2D eigenvalue weighted by Crippen LogP contribution is -2.40. The summed E-state index contributed by atoms with van der Waals surface area (Å²) in [5, 5.41) is 0. The number of aromatic amines is 2. The summed E-state index contributed by atoms with van der Waals surface area (Å²) in [4.78, 5) is 92.3. The van der Waals surface area contributed by atoms with E-state index < -0.39 is 78.2 Å². The molecule has 1 atom stereocenters. The molecule has 4 heterocycles. The molecule has 0 saturated heterocycles. The van der Waals surface area contributed by atoms with Gasteiger partial charge in [-0.3, -0.25) is 34.1 Å². The third-order valence-electron chi connectivity index (χ3n) is 11.4. The zero-order valence-corrected chi connectivity index (χ0v) is 43.8. The number of carbonyl (C=O) groups is 5. The van der Waals surface area contributed by atoms with E-state index in [9.17, 15) is 59.9 Å². The number of halogens is 7. The van der Waals surface area contributed by atoms with Crippen LogP contribution in [0.3, 0.4) is 0 Å². The summed E-state index contributed by atoms with van der Waals surface area (Å²) in [7, 11) is 0. The van der Waals surface area contributed by atoms with Gasteiger partial charge in [-0.25, -0.2) is 40.7 Å². The quantitative estimate of drug-likeness (QED) is 0.0216. The van der Waals surface area contributed by atoms with Crippen molar-refractivity contribution in [1.29, 1.82) is 0 Å². The topological polar surface area (TPSA) is 247 Å². The fourth-order valence-electron chi connectivity index (χ4n) is 7.99. The second-order valence-corrected chi connectivity index (χ2v) is 17.7. The molecule has 1 amide bonds. The second-order valence-electron chi connectivity index (χ2n) is 17.7. The monoisotopic (exact) mass is 1140 g/mol. The molecule has 17 nitrogen and oxygen atoms in total. The van der Waals surface area contributed by atoms with Gasteiger partial charge in [0.1, 0.15) is 40.9 Å². The molecule has 0 bridgehead atoms. The molecule has 0 saturated carbocycles. The number of benzene rings is 6. The van der Waals surface area contributed by atoms with Gasteiger partial charge >= 0.3 is 17.5 Å². The first kappa shape index (κ1) is 60.9. The third-order valence-corrected chi connectivity index (χ3v) is 11.4. The number of ether oxygens (including phenoxy) is 3. The number of rotatable bonds is 15. The summed E-state index contributed by atoms with van der Waals surface area (Å²) in [5.74, 6) is -9.17. The van der Waals surface area contributed by atoms with E-state index in [0.717, 1.165) is 25.0 Å². The Bertz CT molecular complexity index is 3770. The first-order valence-electron chi connectivity index (χ1n) is 24.1. The molecular weight excluding hydrogens is 1100 g/mol. The van der Waals surface area contributed by atoms with Crippen molar-refractivity contribution in [1.82, 2.24) is 14.9 Å². The van der Waals surface area contributed by atoms with Crippen molar-refractivity contribution < 1.29 is 73.4 Å². The van der Waals surface area contributed by atoms with Crippen molar-refractivity contribution >= 4 is 70.0 Å². The summed E-state index contributed by atoms with van der Waals surface area (Å²) in [6.07, 6.45) is 0.115. The fourth-order valence-corrected chi connectivity index (χ4v) is 7.99. The average Bonchev–Trinajstić information content (AvgIpc) is 4.26. The van der Waals surface area contributed by atoms with Gasteiger partial charge in [0.2, 0.25) is 5.78 Å². The molecule has 422 valence electrons. The molecule has 24 heteroatoms. The summed E-state index contributed by atoms with van der Waals surface area (Å²) < 4.78 is 103. The van der Waals surface area contributed by atoms with Gasteiger partial charge in [0, 0.05) is 36.1 Å². The van der Waals surface area contributed by atoms with Crippen molar-refractivity contribution in [2.24, 2.45) is 10.7 Å². The maximum absolute atomic E-state index is 14.3. The minimum Gasteiger partial charge on any atom is -0.460 e. The molecule has 8 aromatic rings. The van der Waals surface area contributed by atoms with Crippen molar-refractivity contribution in [2.75, 3.05) is 26.2 Å². The molecule has 2 aliphatic heterocycles. The van der Waals surface area contributed by atoms with Crippen LogP contribution in [-0.4, -0.2) is 88.4 Å². The molecule has 2 aromatic heterocycles. The first-order valence-corrected chi connectivity index (χ1v) is 24.1. The number of aliphatic imine (C=N–C) groups is 1. The Kier molecular flexibility index (Phi) is 19.9. The van der Waals surface area contributed by atoms with E-state index in [1.807, 2.05) is 0 Å². The van der Waals surface area contributed by atoms with E-state index >= 15 is 0 Å². The van der Waals surface area contributed by atoms with Crippen LogP contribution >= 0.6 is 12.4 Å². The number of esters is 1. The number of nitrogens with zero attached hydrogens (tertiary/aromatic N) is 2. The Morgan fingerprint density at radius 2 is 1.26 bits per heavy atom. The predicted octanol–water partition coefficient (Wildman–Crippen LogP) is 10.7. The van der Waals surface area contributed by atoms with E-state index in [1.165, 1.54) is 60.7 Å². The van der Waals surface area contributed by atoms with Crippen LogP contribution in [0.4, 0.5) is 26.3 Å². The van der Waals surface area contributed by atoms with Crippen LogP contribution in [0.15, 0.2) is 168 Å². The average molecular weight is 1140 g/mol. The molecular formula is C57H48ClF6N5O12. The van der Waals surface area contributed by atoms with E-state index in [1.54, 1.807) is 79.7 Å². The second kappa shape index (κ2) is 26.5. The maximum Gasteiger partial charge on any atom is 0.417 e. The highest BCUT2D eigenvalue weighted by atomic mass is 35.5. The Labute approximate surface area is 461 Å². The van der Waals surface area contributed by atoms with Crippen LogP contribution < -0.4 is 26.7 Å². The summed E-state index contributed by atoms with van der Waals surface area (Å²) in [6, 6.07) is 33.4. The Morgan fingerprint density at radius 3 is 1.81 bits per heavy atom. The van der Waals surface area contributed by atoms with Crippen LogP contribution in [0.1, 0.15) is 65.1 Å². The van der Waals surface area contributed by atoms with Crippen LogP contribution in [0.2, 0.25) is 0 Å². The number of nitrogens with one attached hydrogen (secondary N) is 2. The number of H-pyrrole nitrogens is 2. The van der Waals surface area contributed by atoms with Gasteiger partial charge in [0.15, 0.2) is 16.9 Å². The number of nitrogens with two attached hydrogens (primary N) is 1. The van der Waals surface area contributed by atoms with Crippen LogP contribution in [0, 0.1) is 11.6 Å². The number of carbonyl (C=O) groups excluding carboxylic acids is 5. The van der Waals surface area contributed by atoms with E-state index in [-0.39, 0.29) is 48.1 Å². The molecule has 0 aliphatic carbocycles. The summed E-state index contributed by atoms with van der Waals surface area (Å²) in [6.45, 7) is 1.81. The number of oxazole rings is 2. The highest BCUT2D eigenvalue weighted by Gasteiger charge is 2.47. The van der Waals surface area contributed by atoms with Gasteiger partial charge in [-0.15, -0.1) is 12.4 Å². The smallest absolute Gasteiger partial charge is 0.417 e. The largest absolute Gasteiger partial charge is 0.460 e. The van der Waals surface area contributed by atoms with E-state index in [2.05, 4.69) is 25.4 Å². The molecule has 10 rings (SSSR count). The number of hydrogen-bond acceptors (Lipinski definition) is 14. The maximum atomic E-state index is 14.3. The predicted molar refractivity (Wildman–Crippen MR) is 286 cm³/mol. The molecule has 1 unspecified atom stereocenters. The van der Waals surface area contributed by atoms with Gasteiger partial charge < -0.3 is 33.7 Å². The Hall–Kier alpha value is -9.35. The van der Waals surface area contributed by atoms with Gasteiger partial charge in [-0.05, 0) is 110 Å². The van der Waals surface area contributed by atoms with Crippen molar-refractivity contribution in [3.05, 3.63) is 200 Å². The minimum atomic E-state index is -3.15. The Balaban J connectivity index is 0.000000205. The lowest BCUT2D eigenvalue weighted by atomic mass is 9.91. The van der Waals surface area contributed by atoms with Gasteiger partial charge in [0.25, 0.3) is 17.8 Å². The van der Waals surface area contributed by atoms with Crippen molar-refractivity contribution in [3.8, 4) is 23.0 Å². The number of ketones is 2. The molecule has 0 spiro atoms. The number of para-hydroxylation sites is 2. The SMILES string of the molecule is CC(F)(F)CN.CC(F)(F)CN1C(=O)C2=C(C(c3cccc4[nH]c(=O)oc34)=NC2)C1c1cccc(Oc2ccc(F)cc2)c1.CCOC(=O)C(=O)CC(=O)c1cccc2[nH]c(=O)oc12.Cl.O=Cc1cccc(Oc2ccc(F)cc2)c1. The van der Waals surface area contributed by atoms with Crippen molar-refractivity contribution in [2.45, 2.75) is 45.1 Å². The zero-order chi connectivity index (χ0) is 57.9. The number of amides is 1. The highest BCUT2D eigenvalue weighted by Crippen LogP contribution is 2.45. The van der Waals surface area contributed by atoms with E-state index in [0.29, 0.717) is 67.6 Å². The lowest BCUT2D eigenvalue weighted by molar-refractivity contribution is -0.153. The van der Waals surface area contributed by atoms with Gasteiger partial charge in [-0.2, -0.15) is 0 Å². The highest BCUT2D eigenvalue weighted by molar-refractivity contribution is 6.38. The van der Waals surface area contributed by atoms with Gasteiger partial charge in [-0.1, -0.05) is 36.4 Å². The number of aldehydes is 1. The van der Waals surface area contributed by atoms with Crippen molar-refractivity contribution in [3.63, 3.8) is 0 Å². The standard InChI is InChI=1S/C28H20F3N3O4.C13H9FO2.C13H11NO6.C3H7F2N.ClH/c1-28(30,31)14-34-24(15-4-2-5-18(12-15)37-17-10-8-16(29)9-11-17)22-20(26(34)35)13-32-23(22)19-6-3-7-21-25(19)38-27(36)33-21;14-11-4-6-12(7-5-11)16-13-3-1-2-10(8-13)9-15;1-2-19-12(17)10(16)6-9(15)7-4-3-5-8-11(7)20-13(18)14-8;1-3(4,5)2-6;/h2-12,24H,13-14H2,1H3,(H,33,36);1-9H;3-5H,2,6H2,1H3,(H,14,18);2,6H2,1H3;1H. The summed E-state index contributed by atoms with van der Waals surface area (Å²) in [5.41, 5.74) is 8.52. The molecule has 2 aliphatic rings. The molecule has 0 fully saturated rings. The molecule has 4 N–H and O–H groups in total. The minimum absolute atomic E-state index is 0. The van der Waals surface area contributed by atoms with Crippen LogP contribution in [-0.2, 0) is 19.1 Å². The van der Waals surface area contributed by atoms with Gasteiger partial charge in [0.05, 0.1) is 61.0 Å². The number of aromatic nitrogens is 2. The van der Waals surface area contributed by atoms with E-state index in [4.69, 9.17) is 18.3 Å². The van der Waals surface area contributed by atoms with Crippen LogP contribution in [0.5, 0.6) is 23.0 Å². The number of fused-ring (bicyclic) bond motifs is 2. The first-order chi connectivity index (χ1) is 38.0. The zero-order valence-electron chi connectivity index (χ0n) is 42.9. The number of alkyl halides is 4. The summed E-state index contributed by atoms with van der Waals surface area (Å²) >= 11 is 0. The number of Topliss-reactive ketones (excluding diaryl/α,β-unsaturated/α-hetero) is 2. The Morgan fingerprint density at radius 1 is 0.728 bits per heavy atom. The number of hydrogen-bond donors (Lipinski definition) is 3. The fraction of sp³-hybridized carbons (Fsp3) is 0.193. The molecule has 0 radical (unpaired) electrons. The van der Waals surface area contributed by atoms with Crippen LogP contribution in [0.25, 0.3) is 22.2 Å². The molecule has 81 heavy (non-hydrogen) atoms. The molecule has 6 aromatic carbocycles.